The number of fused-ring (bicyclic) bond motifs is 1. The van der Waals surface area contributed by atoms with Gasteiger partial charge < -0.3 is 19.4 Å². The van der Waals surface area contributed by atoms with Crippen LogP contribution in [0, 0.1) is 17.2 Å². The third kappa shape index (κ3) is 6.43. The number of hydrogen-bond donors (Lipinski definition) is 1. The maximum absolute atomic E-state index is 15.5. The second-order valence-corrected chi connectivity index (χ2v) is 14.5. The SMILES string of the molecule is Cn1nc(C2CCC(=O)NC2=O)c2cc(F)c(N3CCC(CN4CCC5(CC4)CCN(C(=O)OC(C)(C)C)CC5)CC3)cc21. The van der Waals surface area contributed by atoms with Crippen LogP contribution in [0.3, 0.4) is 0 Å². The minimum atomic E-state index is -0.549. The Hall–Kier alpha value is -3.21. The summed E-state index contributed by atoms with van der Waals surface area (Å²) in [4.78, 5) is 43.2. The number of carbonyl (C=O) groups excluding carboxylic acids is 3. The topological polar surface area (TPSA) is 100 Å². The molecular weight excluding hydrogens is 563 g/mol. The van der Waals surface area contributed by atoms with Crippen LogP contribution < -0.4 is 10.2 Å². The zero-order valence-electron chi connectivity index (χ0n) is 26.7. The van der Waals surface area contributed by atoms with Gasteiger partial charge in [0, 0.05) is 51.6 Å². The monoisotopic (exact) mass is 610 g/mol. The summed E-state index contributed by atoms with van der Waals surface area (Å²) in [6, 6.07) is 3.38. The van der Waals surface area contributed by atoms with E-state index in [0.717, 1.165) is 77.0 Å². The van der Waals surface area contributed by atoms with Crippen LogP contribution in [0.2, 0.25) is 0 Å². The number of aromatic nitrogens is 2. The van der Waals surface area contributed by atoms with Gasteiger partial charge >= 0.3 is 6.09 Å². The van der Waals surface area contributed by atoms with Crippen molar-refractivity contribution in [2.45, 2.75) is 83.7 Å². The van der Waals surface area contributed by atoms with Gasteiger partial charge in [0.25, 0.3) is 0 Å². The lowest BCUT2D eigenvalue weighted by Gasteiger charge is -2.47. The highest BCUT2D eigenvalue weighted by Crippen LogP contribution is 2.42. The van der Waals surface area contributed by atoms with Gasteiger partial charge in [-0.3, -0.25) is 19.6 Å². The first-order chi connectivity index (χ1) is 20.9. The molecular formula is C33H47FN6O4. The highest BCUT2D eigenvalue weighted by molar-refractivity contribution is 6.02. The number of aryl methyl sites for hydroxylation is 1. The summed E-state index contributed by atoms with van der Waals surface area (Å²) < 4.78 is 22.8. The first-order valence-corrected chi connectivity index (χ1v) is 16.3. The van der Waals surface area contributed by atoms with Crippen LogP contribution in [0.1, 0.15) is 83.7 Å². The van der Waals surface area contributed by atoms with E-state index in [1.807, 2.05) is 38.8 Å². The molecule has 4 fully saturated rings. The van der Waals surface area contributed by atoms with Crippen molar-refractivity contribution in [3.8, 4) is 0 Å². The average molecular weight is 611 g/mol. The number of amides is 3. The van der Waals surface area contributed by atoms with E-state index >= 15 is 4.39 Å². The van der Waals surface area contributed by atoms with Crippen molar-refractivity contribution in [3.63, 3.8) is 0 Å². The molecule has 0 aliphatic carbocycles. The van der Waals surface area contributed by atoms with Crippen molar-refractivity contribution in [2.75, 3.05) is 50.7 Å². The number of rotatable bonds is 4. The van der Waals surface area contributed by atoms with Crippen LogP contribution in [0.15, 0.2) is 12.1 Å². The minimum Gasteiger partial charge on any atom is -0.444 e. The summed E-state index contributed by atoms with van der Waals surface area (Å²) >= 11 is 0. The van der Waals surface area contributed by atoms with Gasteiger partial charge in [-0.05, 0) is 102 Å². The molecule has 4 saturated heterocycles. The Morgan fingerprint density at radius 2 is 1.68 bits per heavy atom. The van der Waals surface area contributed by atoms with Gasteiger partial charge in [0.15, 0.2) is 0 Å². The molecule has 6 rings (SSSR count). The Morgan fingerprint density at radius 3 is 2.32 bits per heavy atom. The second-order valence-electron chi connectivity index (χ2n) is 14.5. The molecule has 0 saturated carbocycles. The second kappa shape index (κ2) is 11.9. The number of nitrogens with one attached hydrogen (secondary N) is 1. The Morgan fingerprint density at radius 1 is 1.02 bits per heavy atom. The number of carbonyl (C=O) groups is 3. The number of piperidine rings is 4. The molecule has 2 aromatic rings. The smallest absolute Gasteiger partial charge is 0.410 e. The molecule has 1 N–H and O–H groups in total. The van der Waals surface area contributed by atoms with E-state index in [0.29, 0.717) is 34.5 Å². The predicted molar refractivity (Wildman–Crippen MR) is 166 cm³/mol. The summed E-state index contributed by atoms with van der Waals surface area (Å²) in [5.41, 5.74) is 1.80. The van der Waals surface area contributed by atoms with E-state index in [2.05, 4.69) is 20.2 Å². The van der Waals surface area contributed by atoms with Gasteiger partial charge in [0.2, 0.25) is 11.8 Å². The zero-order chi connectivity index (χ0) is 31.2. The fourth-order valence-corrected chi connectivity index (χ4v) is 7.67. The Bertz CT molecular complexity index is 1410. The summed E-state index contributed by atoms with van der Waals surface area (Å²) in [6.45, 7) is 12.2. The van der Waals surface area contributed by atoms with Gasteiger partial charge in [-0.25, -0.2) is 9.18 Å². The molecule has 44 heavy (non-hydrogen) atoms. The molecule has 4 aliphatic rings. The molecule has 1 spiro atoms. The molecule has 10 nitrogen and oxygen atoms in total. The molecule has 1 atom stereocenters. The lowest BCUT2D eigenvalue weighted by atomic mass is 9.71. The summed E-state index contributed by atoms with van der Waals surface area (Å²) in [7, 11) is 1.82. The van der Waals surface area contributed by atoms with Crippen LogP contribution in [0.5, 0.6) is 0 Å². The molecule has 3 amide bonds. The Kier molecular flexibility index (Phi) is 8.36. The van der Waals surface area contributed by atoms with Crippen molar-refractivity contribution in [1.29, 1.82) is 0 Å². The number of benzene rings is 1. The normalized spacial score (nSPS) is 23.8. The minimum absolute atomic E-state index is 0.187. The largest absolute Gasteiger partial charge is 0.444 e. The van der Waals surface area contributed by atoms with Crippen LogP contribution in [0.4, 0.5) is 14.9 Å². The number of halogens is 1. The van der Waals surface area contributed by atoms with Crippen LogP contribution in [-0.4, -0.2) is 88.9 Å². The molecule has 11 heteroatoms. The van der Waals surface area contributed by atoms with Gasteiger partial charge in [-0.1, -0.05) is 0 Å². The van der Waals surface area contributed by atoms with Gasteiger partial charge in [-0.2, -0.15) is 5.10 Å². The molecule has 5 heterocycles. The summed E-state index contributed by atoms with van der Waals surface area (Å²) in [5, 5.41) is 7.60. The predicted octanol–water partition coefficient (Wildman–Crippen LogP) is 4.56. The van der Waals surface area contributed by atoms with Gasteiger partial charge in [-0.15, -0.1) is 0 Å². The van der Waals surface area contributed by atoms with Crippen molar-refractivity contribution in [2.24, 2.45) is 18.4 Å². The van der Waals surface area contributed by atoms with Crippen molar-refractivity contribution in [1.82, 2.24) is 24.9 Å². The van der Waals surface area contributed by atoms with Crippen molar-refractivity contribution >= 4 is 34.5 Å². The van der Waals surface area contributed by atoms with E-state index < -0.39 is 11.5 Å². The standard InChI is InChI=1S/C33H47FN6O4/c1-32(2,3)44-31(43)40-17-11-33(12-18-40)9-15-38(16-10-33)21-22-7-13-39(14-8-22)27-20-26-24(19-25(27)34)29(36-37(26)4)23-5-6-28(41)35-30(23)42/h19-20,22-23H,5-18,21H2,1-4H3,(H,35,41,42). The highest BCUT2D eigenvalue weighted by atomic mass is 19.1. The average Bonchev–Trinajstić information content (AvgIpc) is 3.28. The lowest BCUT2D eigenvalue weighted by Crippen LogP contribution is -2.50. The molecule has 1 aromatic carbocycles. The molecule has 1 aromatic heterocycles. The quantitative estimate of drug-likeness (QED) is 0.507. The van der Waals surface area contributed by atoms with Gasteiger partial charge in [0.05, 0.1) is 22.8 Å². The highest BCUT2D eigenvalue weighted by Gasteiger charge is 2.40. The number of likely N-dealkylation sites (tertiary alicyclic amines) is 2. The van der Waals surface area contributed by atoms with Crippen LogP contribution >= 0.6 is 0 Å². The number of anilines is 1. The first-order valence-electron chi connectivity index (χ1n) is 16.3. The van der Waals surface area contributed by atoms with Crippen molar-refractivity contribution in [3.05, 3.63) is 23.6 Å². The molecule has 0 bridgehead atoms. The third-order valence-corrected chi connectivity index (χ3v) is 10.4. The number of hydrogen-bond acceptors (Lipinski definition) is 7. The fraction of sp³-hybridized carbons (Fsp3) is 0.697. The summed E-state index contributed by atoms with van der Waals surface area (Å²) in [6.07, 6.45) is 6.99. The Labute approximate surface area is 259 Å². The number of nitrogens with zero attached hydrogens (tertiary/aromatic N) is 5. The van der Waals surface area contributed by atoms with Gasteiger partial charge in [0.1, 0.15) is 11.4 Å². The fourth-order valence-electron chi connectivity index (χ4n) is 7.67. The van der Waals surface area contributed by atoms with E-state index in [1.165, 1.54) is 18.9 Å². The molecule has 240 valence electrons. The lowest BCUT2D eigenvalue weighted by molar-refractivity contribution is -0.134. The van der Waals surface area contributed by atoms with Crippen LogP contribution in [-0.2, 0) is 21.4 Å². The maximum Gasteiger partial charge on any atom is 0.410 e. The van der Waals surface area contributed by atoms with Crippen molar-refractivity contribution < 1.29 is 23.5 Å². The maximum atomic E-state index is 15.5. The van der Waals surface area contributed by atoms with E-state index in [4.69, 9.17) is 4.74 Å². The summed E-state index contributed by atoms with van der Waals surface area (Å²) in [5.74, 6) is -0.883. The van der Waals surface area contributed by atoms with E-state index in [-0.39, 0.29) is 30.1 Å². The van der Waals surface area contributed by atoms with Crippen LogP contribution in [0.25, 0.3) is 10.9 Å². The number of ether oxygens (including phenoxy) is 1. The van der Waals surface area contributed by atoms with E-state index in [1.54, 1.807) is 4.68 Å². The molecule has 1 unspecified atom stereocenters. The first kappa shape index (κ1) is 30.8. The Balaban J connectivity index is 1.00. The number of imide groups is 1. The van der Waals surface area contributed by atoms with E-state index in [9.17, 15) is 14.4 Å². The zero-order valence-corrected chi connectivity index (χ0v) is 26.7. The molecule has 4 aliphatic heterocycles. The molecule has 0 radical (unpaired) electrons. The third-order valence-electron chi connectivity index (χ3n) is 10.4.